The average molecular weight is 539 g/mol. The molecule has 0 spiro atoms. The summed E-state index contributed by atoms with van der Waals surface area (Å²) in [4.78, 5) is 10.3. The number of aromatic hydroxyl groups is 1. The van der Waals surface area contributed by atoms with Crippen LogP contribution in [0.25, 0.3) is 6.08 Å². The summed E-state index contributed by atoms with van der Waals surface area (Å²) >= 11 is 2.03. The van der Waals surface area contributed by atoms with Crippen LogP contribution in [0, 0.1) is 19.6 Å². The third kappa shape index (κ3) is 6.52. The first kappa shape index (κ1) is 24.8. The van der Waals surface area contributed by atoms with E-state index in [9.17, 15) is 25.4 Å². The fraction of sp³-hybridized carbons (Fsp3) is 0.304. The van der Waals surface area contributed by atoms with Crippen molar-refractivity contribution in [2.45, 2.75) is 32.0 Å². The average Bonchev–Trinajstić information content (AvgIpc) is 2.75. The third-order valence-electron chi connectivity index (χ3n) is 5.04. The standard InChI is InChI=1S/C23H26INO6/c1-4-18(22(27)16-6-8-17(9-7-16)25(29)30)20(26)10-5-14(2)11-15-12-19(24)23(28)21(13-15)31-3/h4,6-9,11-13,18,20,22,26-28H,1,5,10H2,2-3H3/b14-11+/t18-,20-,22-/m1/s1. The van der Waals surface area contributed by atoms with E-state index in [0.717, 1.165) is 11.1 Å². The molecular formula is C23H26INO6. The van der Waals surface area contributed by atoms with E-state index >= 15 is 0 Å². The summed E-state index contributed by atoms with van der Waals surface area (Å²) in [5.41, 5.74) is 2.30. The van der Waals surface area contributed by atoms with Crippen LogP contribution in [-0.4, -0.2) is 33.5 Å². The molecule has 0 aromatic heterocycles. The normalized spacial score (nSPS) is 14.5. The van der Waals surface area contributed by atoms with Gasteiger partial charge in [-0.3, -0.25) is 10.1 Å². The number of benzene rings is 2. The molecule has 0 bridgehead atoms. The molecule has 0 radical (unpaired) electrons. The Morgan fingerprint density at radius 2 is 1.94 bits per heavy atom. The molecule has 3 atom stereocenters. The lowest BCUT2D eigenvalue weighted by Gasteiger charge is -2.25. The molecule has 0 aliphatic rings. The zero-order chi connectivity index (χ0) is 23.1. The second kappa shape index (κ2) is 11.3. The van der Waals surface area contributed by atoms with Gasteiger partial charge in [0, 0.05) is 18.1 Å². The summed E-state index contributed by atoms with van der Waals surface area (Å²) in [6.45, 7) is 5.66. The number of hydrogen-bond acceptors (Lipinski definition) is 6. The van der Waals surface area contributed by atoms with Gasteiger partial charge in [-0.15, -0.1) is 6.58 Å². The van der Waals surface area contributed by atoms with Gasteiger partial charge in [0.1, 0.15) is 0 Å². The third-order valence-corrected chi connectivity index (χ3v) is 5.87. The van der Waals surface area contributed by atoms with Crippen LogP contribution in [-0.2, 0) is 0 Å². The highest BCUT2D eigenvalue weighted by molar-refractivity contribution is 14.1. The number of ether oxygens (including phenoxy) is 1. The number of nitro groups is 1. The van der Waals surface area contributed by atoms with Gasteiger partial charge in [0.15, 0.2) is 11.5 Å². The summed E-state index contributed by atoms with van der Waals surface area (Å²) in [5.74, 6) is -0.129. The number of allylic oxidation sites excluding steroid dienone is 1. The highest BCUT2D eigenvalue weighted by atomic mass is 127. The zero-order valence-electron chi connectivity index (χ0n) is 17.4. The molecule has 0 aliphatic carbocycles. The predicted octanol–water partition coefficient (Wildman–Crippen LogP) is 4.99. The minimum Gasteiger partial charge on any atom is -0.504 e. The largest absolute Gasteiger partial charge is 0.504 e. The van der Waals surface area contributed by atoms with E-state index in [4.69, 9.17) is 4.74 Å². The van der Waals surface area contributed by atoms with Crippen LogP contribution in [0.5, 0.6) is 11.5 Å². The van der Waals surface area contributed by atoms with Crippen molar-refractivity contribution < 1.29 is 25.0 Å². The Hall–Kier alpha value is -2.43. The number of aliphatic hydroxyl groups is 2. The van der Waals surface area contributed by atoms with Gasteiger partial charge >= 0.3 is 0 Å². The van der Waals surface area contributed by atoms with Crippen molar-refractivity contribution in [3.05, 3.63) is 79.4 Å². The quantitative estimate of drug-likeness (QED) is 0.170. The number of nitrogens with zero attached hydrogens (tertiary/aromatic N) is 1. The lowest BCUT2D eigenvalue weighted by molar-refractivity contribution is -0.384. The number of aliphatic hydroxyl groups excluding tert-OH is 2. The maximum absolute atomic E-state index is 10.8. The van der Waals surface area contributed by atoms with Crippen LogP contribution >= 0.6 is 22.6 Å². The predicted molar refractivity (Wildman–Crippen MR) is 128 cm³/mol. The number of phenolic OH excluding ortho intramolecular Hbond substituents is 1. The van der Waals surface area contributed by atoms with Crippen LogP contribution in [0.15, 0.2) is 54.6 Å². The van der Waals surface area contributed by atoms with Crippen molar-refractivity contribution in [3.8, 4) is 11.5 Å². The summed E-state index contributed by atoms with van der Waals surface area (Å²) in [6.07, 6.45) is 2.56. The molecule has 0 saturated heterocycles. The maximum atomic E-state index is 10.8. The van der Waals surface area contributed by atoms with Crippen molar-refractivity contribution in [1.82, 2.24) is 0 Å². The molecule has 7 nitrogen and oxygen atoms in total. The first-order valence-electron chi connectivity index (χ1n) is 9.64. The molecule has 2 aromatic rings. The van der Waals surface area contributed by atoms with Crippen LogP contribution in [0.1, 0.15) is 37.0 Å². The molecule has 0 heterocycles. The second-order valence-corrected chi connectivity index (χ2v) is 8.42. The number of non-ortho nitro benzene ring substituents is 1. The molecule has 0 aliphatic heterocycles. The van der Waals surface area contributed by atoms with Gasteiger partial charge in [-0.2, -0.15) is 0 Å². The van der Waals surface area contributed by atoms with Crippen molar-refractivity contribution in [1.29, 1.82) is 0 Å². The fourth-order valence-corrected chi connectivity index (χ4v) is 3.89. The first-order valence-corrected chi connectivity index (χ1v) is 10.7. The number of rotatable bonds is 10. The summed E-state index contributed by atoms with van der Waals surface area (Å²) in [7, 11) is 1.49. The van der Waals surface area contributed by atoms with E-state index in [1.165, 1.54) is 37.5 Å². The highest BCUT2D eigenvalue weighted by Gasteiger charge is 2.25. The van der Waals surface area contributed by atoms with E-state index in [1.54, 1.807) is 6.07 Å². The van der Waals surface area contributed by atoms with E-state index in [0.29, 0.717) is 27.7 Å². The SMILES string of the molecule is C=C[C@H]([C@H](O)CC/C(C)=C/c1cc(I)c(O)c(OC)c1)[C@H](O)c1ccc([N+](=O)[O-])cc1. The van der Waals surface area contributed by atoms with Gasteiger partial charge in [0.25, 0.3) is 5.69 Å². The Kier molecular flexibility index (Phi) is 9.02. The number of methoxy groups -OCH3 is 1. The van der Waals surface area contributed by atoms with Crippen LogP contribution in [0.3, 0.4) is 0 Å². The van der Waals surface area contributed by atoms with E-state index in [-0.39, 0.29) is 11.4 Å². The number of phenols is 1. The molecule has 0 unspecified atom stereocenters. The van der Waals surface area contributed by atoms with Gasteiger partial charge in [-0.1, -0.05) is 17.7 Å². The fourth-order valence-electron chi connectivity index (χ4n) is 3.27. The Labute approximate surface area is 195 Å². The van der Waals surface area contributed by atoms with Gasteiger partial charge in [0.05, 0.1) is 27.8 Å². The maximum Gasteiger partial charge on any atom is 0.269 e. The molecule has 31 heavy (non-hydrogen) atoms. The van der Waals surface area contributed by atoms with E-state index in [2.05, 4.69) is 6.58 Å². The van der Waals surface area contributed by atoms with Gasteiger partial charge in [-0.05, 0) is 77.7 Å². The summed E-state index contributed by atoms with van der Waals surface area (Å²) in [5, 5.41) is 42.0. The van der Waals surface area contributed by atoms with Crippen molar-refractivity contribution in [2.24, 2.45) is 5.92 Å². The molecule has 2 rings (SSSR count). The Bertz CT molecular complexity index is 957. The zero-order valence-corrected chi connectivity index (χ0v) is 19.5. The van der Waals surface area contributed by atoms with E-state index in [1.807, 2.05) is 41.7 Å². The van der Waals surface area contributed by atoms with Gasteiger partial charge in [0.2, 0.25) is 0 Å². The lowest BCUT2D eigenvalue weighted by atomic mass is 9.88. The number of hydrogen-bond donors (Lipinski definition) is 3. The Morgan fingerprint density at radius 3 is 2.48 bits per heavy atom. The highest BCUT2D eigenvalue weighted by Crippen LogP contribution is 2.34. The molecule has 0 saturated carbocycles. The van der Waals surface area contributed by atoms with Crippen molar-refractivity contribution in [3.63, 3.8) is 0 Å². The van der Waals surface area contributed by atoms with Crippen molar-refractivity contribution >= 4 is 34.4 Å². The van der Waals surface area contributed by atoms with E-state index < -0.39 is 23.0 Å². The van der Waals surface area contributed by atoms with Gasteiger partial charge in [-0.25, -0.2) is 0 Å². The number of halogens is 1. The summed E-state index contributed by atoms with van der Waals surface area (Å²) < 4.78 is 5.86. The smallest absolute Gasteiger partial charge is 0.269 e. The lowest BCUT2D eigenvalue weighted by Crippen LogP contribution is -2.25. The number of nitro benzene ring substituents is 1. The minimum atomic E-state index is -1.03. The molecule has 0 fully saturated rings. The second-order valence-electron chi connectivity index (χ2n) is 7.26. The Morgan fingerprint density at radius 1 is 1.29 bits per heavy atom. The molecule has 0 amide bonds. The Balaban J connectivity index is 2.06. The monoisotopic (exact) mass is 539 g/mol. The van der Waals surface area contributed by atoms with Crippen LogP contribution < -0.4 is 4.74 Å². The molecular weight excluding hydrogens is 513 g/mol. The first-order chi connectivity index (χ1) is 14.7. The molecule has 166 valence electrons. The van der Waals surface area contributed by atoms with Crippen LogP contribution in [0.2, 0.25) is 0 Å². The topological polar surface area (TPSA) is 113 Å². The summed E-state index contributed by atoms with van der Waals surface area (Å²) in [6, 6.07) is 9.19. The molecule has 8 heteroatoms. The molecule has 3 N–H and O–H groups in total. The molecule has 2 aromatic carbocycles. The van der Waals surface area contributed by atoms with Gasteiger partial charge < -0.3 is 20.1 Å². The van der Waals surface area contributed by atoms with Crippen LogP contribution in [0.4, 0.5) is 5.69 Å². The minimum absolute atomic E-state index is 0.0621. The van der Waals surface area contributed by atoms with Crippen molar-refractivity contribution in [2.75, 3.05) is 7.11 Å².